The second-order valence-corrected chi connectivity index (χ2v) is 4.69. The SMILES string of the molecule is CCN(C)C(=O)C(C)NCC(=O)N(C)C1CC1. The van der Waals surface area contributed by atoms with E-state index in [4.69, 9.17) is 0 Å². The second-order valence-electron chi connectivity index (χ2n) is 4.69. The number of carbonyl (C=O) groups is 2. The fourth-order valence-corrected chi connectivity index (χ4v) is 1.60. The molecule has 1 rings (SSSR count). The summed E-state index contributed by atoms with van der Waals surface area (Å²) in [6.07, 6.45) is 2.21. The maximum atomic E-state index is 11.7. The van der Waals surface area contributed by atoms with E-state index in [1.165, 1.54) is 0 Å². The van der Waals surface area contributed by atoms with Crippen LogP contribution in [0.5, 0.6) is 0 Å². The average Bonchev–Trinajstić information content (AvgIpc) is 3.16. The van der Waals surface area contributed by atoms with Crippen LogP contribution in [0, 0.1) is 0 Å². The molecule has 1 aliphatic rings. The highest BCUT2D eigenvalue weighted by Gasteiger charge is 2.29. The monoisotopic (exact) mass is 241 g/mol. The van der Waals surface area contributed by atoms with Crippen molar-refractivity contribution < 1.29 is 9.59 Å². The predicted molar refractivity (Wildman–Crippen MR) is 66.6 cm³/mol. The molecule has 98 valence electrons. The van der Waals surface area contributed by atoms with Crippen LogP contribution in [0.3, 0.4) is 0 Å². The van der Waals surface area contributed by atoms with E-state index in [-0.39, 0.29) is 24.4 Å². The lowest BCUT2D eigenvalue weighted by Gasteiger charge is -2.22. The zero-order chi connectivity index (χ0) is 13.0. The molecule has 17 heavy (non-hydrogen) atoms. The topological polar surface area (TPSA) is 52.7 Å². The molecule has 0 heterocycles. The summed E-state index contributed by atoms with van der Waals surface area (Å²) < 4.78 is 0. The van der Waals surface area contributed by atoms with Gasteiger partial charge >= 0.3 is 0 Å². The van der Waals surface area contributed by atoms with Crippen molar-refractivity contribution in [2.24, 2.45) is 0 Å². The molecule has 1 N–H and O–H groups in total. The van der Waals surface area contributed by atoms with Gasteiger partial charge in [0.15, 0.2) is 0 Å². The molecule has 5 heteroatoms. The minimum absolute atomic E-state index is 0.0226. The molecule has 0 aromatic carbocycles. The van der Waals surface area contributed by atoms with E-state index in [1.807, 2.05) is 14.0 Å². The number of carbonyl (C=O) groups excluding carboxylic acids is 2. The van der Waals surface area contributed by atoms with Crippen molar-refractivity contribution in [3.05, 3.63) is 0 Å². The molecule has 2 amide bonds. The molecular formula is C12H23N3O2. The van der Waals surface area contributed by atoms with Crippen LogP contribution >= 0.6 is 0 Å². The number of hydrogen-bond donors (Lipinski definition) is 1. The van der Waals surface area contributed by atoms with Crippen LogP contribution in [-0.2, 0) is 9.59 Å². The maximum Gasteiger partial charge on any atom is 0.239 e. The highest BCUT2D eigenvalue weighted by molar-refractivity contribution is 5.83. The Morgan fingerprint density at radius 3 is 2.41 bits per heavy atom. The van der Waals surface area contributed by atoms with Crippen molar-refractivity contribution in [3.8, 4) is 0 Å². The number of nitrogens with one attached hydrogen (secondary N) is 1. The molecule has 0 radical (unpaired) electrons. The molecule has 0 aromatic heterocycles. The zero-order valence-corrected chi connectivity index (χ0v) is 11.2. The summed E-state index contributed by atoms with van der Waals surface area (Å²) in [7, 11) is 3.59. The van der Waals surface area contributed by atoms with Gasteiger partial charge < -0.3 is 9.80 Å². The second kappa shape index (κ2) is 6.00. The van der Waals surface area contributed by atoms with Gasteiger partial charge in [0.25, 0.3) is 0 Å². The van der Waals surface area contributed by atoms with Gasteiger partial charge in [-0.1, -0.05) is 0 Å². The molecular weight excluding hydrogens is 218 g/mol. The highest BCUT2D eigenvalue weighted by atomic mass is 16.2. The van der Waals surface area contributed by atoms with Gasteiger partial charge in [-0.2, -0.15) is 0 Å². The first-order valence-electron chi connectivity index (χ1n) is 6.21. The van der Waals surface area contributed by atoms with E-state index in [9.17, 15) is 9.59 Å². The fourth-order valence-electron chi connectivity index (χ4n) is 1.60. The van der Waals surface area contributed by atoms with Crippen molar-refractivity contribution in [1.82, 2.24) is 15.1 Å². The molecule has 0 bridgehead atoms. The maximum absolute atomic E-state index is 11.7. The molecule has 1 atom stereocenters. The molecule has 0 aromatic rings. The zero-order valence-electron chi connectivity index (χ0n) is 11.2. The molecule has 1 unspecified atom stereocenters. The quantitative estimate of drug-likeness (QED) is 0.715. The average molecular weight is 241 g/mol. The van der Waals surface area contributed by atoms with Gasteiger partial charge in [0.2, 0.25) is 11.8 Å². The van der Waals surface area contributed by atoms with E-state index >= 15 is 0 Å². The van der Waals surface area contributed by atoms with Gasteiger partial charge in [-0.25, -0.2) is 0 Å². The summed E-state index contributed by atoms with van der Waals surface area (Å²) >= 11 is 0. The van der Waals surface area contributed by atoms with Crippen LogP contribution in [0.15, 0.2) is 0 Å². The van der Waals surface area contributed by atoms with Crippen LogP contribution < -0.4 is 5.32 Å². The third kappa shape index (κ3) is 4.00. The van der Waals surface area contributed by atoms with Gasteiger partial charge in [-0.05, 0) is 26.7 Å². The summed E-state index contributed by atoms with van der Waals surface area (Å²) in [5, 5.41) is 2.98. The molecule has 0 spiro atoms. The van der Waals surface area contributed by atoms with Gasteiger partial charge in [-0.15, -0.1) is 0 Å². The Bertz CT molecular complexity index is 289. The first-order valence-corrected chi connectivity index (χ1v) is 6.21. The van der Waals surface area contributed by atoms with Crippen molar-refractivity contribution >= 4 is 11.8 Å². The third-order valence-electron chi connectivity index (χ3n) is 3.27. The number of hydrogen-bond acceptors (Lipinski definition) is 3. The van der Waals surface area contributed by atoms with Gasteiger partial charge in [-0.3, -0.25) is 14.9 Å². The van der Waals surface area contributed by atoms with Gasteiger partial charge in [0.05, 0.1) is 12.6 Å². The van der Waals surface area contributed by atoms with E-state index in [2.05, 4.69) is 5.32 Å². The van der Waals surface area contributed by atoms with Gasteiger partial charge in [0.1, 0.15) is 0 Å². The molecule has 0 aliphatic heterocycles. The summed E-state index contributed by atoms with van der Waals surface area (Å²) in [5.74, 6) is 0.0840. The Labute approximate surface area is 103 Å². The Kier molecular flexibility index (Phi) is 4.93. The Morgan fingerprint density at radius 1 is 1.35 bits per heavy atom. The van der Waals surface area contributed by atoms with Crippen LogP contribution in [0.4, 0.5) is 0 Å². The standard InChI is InChI=1S/C12H23N3O2/c1-5-14(3)12(17)9(2)13-8-11(16)15(4)10-6-7-10/h9-10,13H,5-8H2,1-4H3. The lowest BCUT2D eigenvalue weighted by molar-refractivity contribution is -0.132. The number of rotatable bonds is 6. The molecule has 1 aliphatic carbocycles. The molecule has 5 nitrogen and oxygen atoms in total. The minimum atomic E-state index is -0.309. The van der Waals surface area contributed by atoms with E-state index in [1.54, 1.807) is 23.8 Å². The largest absolute Gasteiger partial charge is 0.345 e. The number of nitrogens with zero attached hydrogens (tertiary/aromatic N) is 2. The highest BCUT2D eigenvalue weighted by Crippen LogP contribution is 2.25. The van der Waals surface area contributed by atoms with Crippen LogP contribution in [-0.4, -0.2) is 60.9 Å². The fraction of sp³-hybridized carbons (Fsp3) is 0.833. The van der Waals surface area contributed by atoms with Crippen molar-refractivity contribution in [2.75, 3.05) is 27.2 Å². The normalized spacial score (nSPS) is 16.5. The van der Waals surface area contributed by atoms with Gasteiger partial charge in [0, 0.05) is 26.7 Å². The van der Waals surface area contributed by atoms with Crippen molar-refractivity contribution in [2.45, 2.75) is 38.8 Å². The number of likely N-dealkylation sites (N-methyl/N-ethyl adjacent to an activating group) is 2. The first-order chi connectivity index (χ1) is 7.97. The molecule has 0 saturated heterocycles. The first kappa shape index (κ1) is 14.0. The lowest BCUT2D eigenvalue weighted by Crippen LogP contribution is -2.47. The number of amides is 2. The lowest BCUT2D eigenvalue weighted by atomic mass is 10.3. The van der Waals surface area contributed by atoms with E-state index < -0.39 is 0 Å². The Hall–Kier alpha value is -1.10. The smallest absolute Gasteiger partial charge is 0.239 e. The molecule has 1 saturated carbocycles. The van der Waals surface area contributed by atoms with Crippen LogP contribution in [0.1, 0.15) is 26.7 Å². The van der Waals surface area contributed by atoms with Crippen molar-refractivity contribution in [3.63, 3.8) is 0 Å². The van der Waals surface area contributed by atoms with Crippen molar-refractivity contribution in [1.29, 1.82) is 0 Å². The van der Waals surface area contributed by atoms with Crippen LogP contribution in [0.2, 0.25) is 0 Å². The summed E-state index contributed by atoms with van der Waals surface area (Å²) in [6, 6.07) is 0.116. The third-order valence-corrected chi connectivity index (χ3v) is 3.27. The predicted octanol–water partition coefficient (Wildman–Crippen LogP) is 0.0636. The summed E-state index contributed by atoms with van der Waals surface area (Å²) in [6.45, 7) is 4.63. The Morgan fingerprint density at radius 2 is 1.94 bits per heavy atom. The van der Waals surface area contributed by atoms with E-state index in [0.29, 0.717) is 12.6 Å². The Balaban J connectivity index is 2.29. The van der Waals surface area contributed by atoms with Crippen LogP contribution in [0.25, 0.3) is 0 Å². The summed E-state index contributed by atoms with van der Waals surface area (Å²) in [5.41, 5.74) is 0. The van der Waals surface area contributed by atoms with E-state index in [0.717, 1.165) is 12.8 Å². The summed E-state index contributed by atoms with van der Waals surface area (Å²) in [4.78, 5) is 26.9. The minimum Gasteiger partial charge on any atom is -0.345 e. The molecule has 1 fully saturated rings.